The summed E-state index contributed by atoms with van der Waals surface area (Å²) in [6, 6.07) is 0. The van der Waals surface area contributed by atoms with Crippen LogP contribution in [-0.2, 0) is 13.0 Å². The molecule has 140 valence electrons. The van der Waals surface area contributed by atoms with Gasteiger partial charge in [-0.05, 0) is 31.9 Å². The molecule has 0 N–H and O–H groups in total. The van der Waals surface area contributed by atoms with Crippen LogP contribution in [0.4, 0.5) is 0 Å². The molecule has 0 aromatic carbocycles. The molecule has 2 aromatic heterocycles. The Kier molecular flexibility index (Phi) is 4.84. The van der Waals surface area contributed by atoms with Crippen LogP contribution in [0.5, 0.6) is 0 Å². The summed E-state index contributed by atoms with van der Waals surface area (Å²) >= 11 is 1.40. The van der Waals surface area contributed by atoms with E-state index in [-0.39, 0.29) is 11.5 Å². The first-order valence-electron chi connectivity index (χ1n) is 9.64. The maximum absolute atomic E-state index is 13.1. The van der Waals surface area contributed by atoms with E-state index in [1.54, 1.807) is 0 Å². The van der Waals surface area contributed by atoms with Crippen LogP contribution >= 0.6 is 11.3 Å². The van der Waals surface area contributed by atoms with Gasteiger partial charge in [0.05, 0.1) is 10.3 Å². The van der Waals surface area contributed by atoms with Crippen molar-refractivity contribution in [3.63, 3.8) is 0 Å². The van der Waals surface area contributed by atoms with E-state index in [0.29, 0.717) is 10.3 Å². The van der Waals surface area contributed by atoms with Gasteiger partial charge in [-0.25, -0.2) is 4.98 Å². The highest BCUT2D eigenvalue weighted by Crippen LogP contribution is 2.29. The zero-order valence-corrected chi connectivity index (χ0v) is 16.4. The smallest absolute Gasteiger partial charge is 0.264 e. The maximum Gasteiger partial charge on any atom is 0.264 e. The molecule has 4 rings (SSSR count). The fourth-order valence-electron chi connectivity index (χ4n) is 4.02. The van der Waals surface area contributed by atoms with Gasteiger partial charge in [0, 0.05) is 39.1 Å². The van der Waals surface area contributed by atoms with E-state index in [4.69, 9.17) is 4.98 Å². The van der Waals surface area contributed by atoms with E-state index in [2.05, 4.69) is 11.8 Å². The van der Waals surface area contributed by atoms with Gasteiger partial charge in [-0.15, -0.1) is 11.3 Å². The lowest BCUT2D eigenvalue weighted by atomic mass is 10.2. The van der Waals surface area contributed by atoms with Crippen molar-refractivity contribution in [2.45, 2.75) is 46.1 Å². The Morgan fingerprint density at radius 2 is 1.88 bits per heavy atom. The number of amides is 1. The van der Waals surface area contributed by atoms with Crippen molar-refractivity contribution in [2.24, 2.45) is 0 Å². The second kappa shape index (κ2) is 7.12. The molecule has 6 nitrogen and oxygen atoms in total. The number of thiophene rings is 1. The van der Waals surface area contributed by atoms with Crippen molar-refractivity contribution in [2.75, 3.05) is 32.7 Å². The van der Waals surface area contributed by atoms with E-state index in [1.807, 2.05) is 16.4 Å². The molecule has 0 saturated carbocycles. The van der Waals surface area contributed by atoms with Crippen LogP contribution < -0.4 is 5.56 Å². The fourth-order valence-corrected chi connectivity index (χ4v) is 5.18. The van der Waals surface area contributed by atoms with Crippen molar-refractivity contribution in [3.8, 4) is 0 Å². The first-order chi connectivity index (χ1) is 12.6. The van der Waals surface area contributed by atoms with Crippen molar-refractivity contribution < 1.29 is 4.79 Å². The molecular weight excluding hydrogens is 348 g/mol. The Labute approximate surface area is 157 Å². The summed E-state index contributed by atoms with van der Waals surface area (Å²) in [5, 5.41) is 0.649. The van der Waals surface area contributed by atoms with E-state index in [1.165, 1.54) is 11.3 Å². The van der Waals surface area contributed by atoms with Gasteiger partial charge in [-0.1, -0.05) is 13.3 Å². The molecule has 1 fully saturated rings. The van der Waals surface area contributed by atoms with Gasteiger partial charge >= 0.3 is 0 Å². The van der Waals surface area contributed by atoms with E-state index in [0.717, 1.165) is 81.2 Å². The minimum absolute atomic E-state index is 0.0375. The minimum Gasteiger partial charge on any atom is -0.335 e. The number of piperazine rings is 1. The second-order valence-electron chi connectivity index (χ2n) is 7.26. The monoisotopic (exact) mass is 374 g/mol. The molecule has 2 aliphatic rings. The summed E-state index contributed by atoms with van der Waals surface area (Å²) in [6.07, 6.45) is 4.10. The van der Waals surface area contributed by atoms with Gasteiger partial charge in [-0.2, -0.15) is 0 Å². The molecule has 26 heavy (non-hydrogen) atoms. The predicted octanol–water partition coefficient (Wildman–Crippen LogP) is 2.27. The number of carbonyl (C=O) groups excluding carboxylic acids is 1. The summed E-state index contributed by atoms with van der Waals surface area (Å²) in [4.78, 5) is 36.6. The molecule has 0 unspecified atom stereocenters. The van der Waals surface area contributed by atoms with Crippen LogP contribution in [0.2, 0.25) is 0 Å². The summed E-state index contributed by atoms with van der Waals surface area (Å²) in [5.41, 5.74) is 0.848. The minimum atomic E-state index is 0.0375. The van der Waals surface area contributed by atoms with Gasteiger partial charge in [0.15, 0.2) is 0 Å². The third kappa shape index (κ3) is 2.97. The molecule has 0 bridgehead atoms. The van der Waals surface area contributed by atoms with Crippen LogP contribution in [0.25, 0.3) is 10.2 Å². The Hall–Kier alpha value is -1.73. The van der Waals surface area contributed by atoms with Gasteiger partial charge in [0.1, 0.15) is 10.7 Å². The predicted molar refractivity (Wildman–Crippen MR) is 104 cm³/mol. The molecule has 0 spiro atoms. The molecule has 0 atom stereocenters. The molecule has 0 aliphatic carbocycles. The normalized spacial score (nSPS) is 18.8. The highest BCUT2D eigenvalue weighted by molar-refractivity contribution is 7.20. The molecule has 7 heteroatoms. The number of hydrogen-bond acceptors (Lipinski definition) is 5. The summed E-state index contributed by atoms with van der Waals surface area (Å²) in [7, 11) is 0. The Morgan fingerprint density at radius 1 is 1.12 bits per heavy atom. The molecule has 1 saturated heterocycles. The lowest BCUT2D eigenvalue weighted by Crippen LogP contribution is -2.48. The Balaban J connectivity index is 1.71. The molecule has 2 aliphatic heterocycles. The van der Waals surface area contributed by atoms with Crippen LogP contribution in [0.15, 0.2) is 4.79 Å². The molecule has 4 heterocycles. The molecule has 2 aromatic rings. The summed E-state index contributed by atoms with van der Waals surface area (Å²) in [5.74, 6) is 0.942. The number of fused-ring (bicyclic) bond motifs is 2. The fraction of sp³-hybridized carbons (Fsp3) is 0.632. The first kappa shape index (κ1) is 17.7. The van der Waals surface area contributed by atoms with Crippen molar-refractivity contribution in [1.29, 1.82) is 0 Å². The number of likely N-dealkylation sites (N-methyl/N-ethyl adjacent to an activating group) is 1. The third-order valence-electron chi connectivity index (χ3n) is 5.71. The SMILES string of the molecule is CCN1CCN(C(=O)c2sc3nc4n(c(=O)c3c2C)CCCCC4)CC1. The summed E-state index contributed by atoms with van der Waals surface area (Å²) < 4.78 is 1.84. The zero-order chi connectivity index (χ0) is 18.3. The van der Waals surface area contributed by atoms with Crippen molar-refractivity contribution >= 4 is 27.5 Å². The lowest BCUT2D eigenvalue weighted by molar-refractivity contribution is 0.0647. The Bertz CT molecular complexity index is 893. The second-order valence-corrected chi connectivity index (χ2v) is 8.26. The number of aromatic nitrogens is 2. The Morgan fingerprint density at radius 3 is 2.62 bits per heavy atom. The topological polar surface area (TPSA) is 58.4 Å². The lowest BCUT2D eigenvalue weighted by Gasteiger charge is -2.33. The number of nitrogens with zero attached hydrogens (tertiary/aromatic N) is 4. The van der Waals surface area contributed by atoms with Crippen LogP contribution in [0, 0.1) is 6.92 Å². The third-order valence-corrected chi connectivity index (χ3v) is 6.89. The van der Waals surface area contributed by atoms with Gasteiger partial charge in [0.25, 0.3) is 11.5 Å². The maximum atomic E-state index is 13.1. The van der Waals surface area contributed by atoms with E-state index >= 15 is 0 Å². The first-order valence-corrected chi connectivity index (χ1v) is 10.5. The number of aryl methyl sites for hydroxylation is 2. The van der Waals surface area contributed by atoms with Gasteiger partial charge in [0.2, 0.25) is 0 Å². The molecule has 1 amide bonds. The van der Waals surface area contributed by atoms with E-state index < -0.39 is 0 Å². The van der Waals surface area contributed by atoms with E-state index in [9.17, 15) is 9.59 Å². The highest BCUT2D eigenvalue weighted by atomic mass is 32.1. The largest absolute Gasteiger partial charge is 0.335 e. The average Bonchev–Trinajstić information content (AvgIpc) is 2.83. The number of hydrogen-bond donors (Lipinski definition) is 0. The van der Waals surface area contributed by atoms with Crippen LogP contribution in [0.1, 0.15) is 47.2 Å². The van der Waals surface area contributed by atoms with Gasteiger partial charge in [-0.3, -0.25) is 14.2 Å². The molecular formula is C19H26N4O2S. The molecule has 0 radical (unpaired) electrons. The summed E-state index contributed by atoms with van der Waals surface area (Å²) in [6.45, 7) is 9.16. The number of rotatable bonds is 2. The van der Waals surface area contributed by atoms with Crippen molar-refractivity contribution in [1.82, 2.24) is 19.4 Å². The number of carbonyl (C=O) groups is 1. The quantitative estimate of drug-likeness (QED) is 0.809. The van der Waals surface area contributed by atoms with Gasteiger partial charge < -0.3 is 9.80 Å². The van der Waals surface area contributed by atoms with Crippen LogP contribution in [-0.4, -0.2) is 58.0 Å². The average molecular weight is 375 g/mol. The van der Waals surface area contributed by atoms with Crippen molar-refractivity contribution in [3.05, 3.63) is 26.6 Å². The zero-order valence-electron chi connectivity index (χ0n) is 15.6. The highest BCUT2D eigenvalue weighted by Gasteiger charge is 2.27. The standard InChI is InChI=1S/C19H26N4O2S/c1-3-21-9-11-22(12-10-21)19(25)16-13(2)15-17(26-16)20-14-7-5-4-6-8-23(14)18(15)24/h3-12H2,1-2H3. The van der Waals surface area contributed by atoms with Crippen LogP contribution in [0.3, 0.4) is 0 Å².